The zero-order chi connectivity index (χ0) is 13.8. The number of ether oxygens (including phenoxy) is 1. The van der Waals surface area contributed by atoms with Crippen LogP contribution in [-0.2, 0) is 9.53 Å². The highest BCUT2D eigenvalue weighted by atomic mass is 16.5. The van der Waals surface area contributed by atoms with Crippen LogP contribution in [-0.4, -0.2) is 65.8 Å². The lowest BCUT2D eigenvalue weighted by molar-refractivity contribution is -0.142. The third-order valence-corrected chi connectivity index (χ3v) is 3.68. The molecule has 0 aromatic heterocycles. The maximum absolute atomic E-state index is 12.5. The first kappa shape index (κ1) is 13.9. The normalized spacial score (nSPS) is 26.5. The summed E-state index contributed by atoms with van der Waals surface area (Å²) < 4.78 is 5.24. The highest BCUT2D eigenvalue weighted by molar-refractivity contribution is 5.77. The minimum Gasteiger partial charge on any atom is -0.481 e. The first-order chi connectivity index (χ1) is 9.15. The summed E-state index contributed by atoms with van der Waals surface area (Å²) in [6.45, 7) is 4.15. The quantitative estimate of drug-likeness (QED) is 0.768. The van der Waals surface area contributed by atoms with Gasteiger partial charge in [0.2, 0.25) is 0 Å². The molecular formula is C13H20N2O4. The molecule has 2 heterocycles. The van der Waals surface area contributed by atoms with Gasteiger partial charge < -0.3 is 19.6 Å². The number of carbonyl (C=O) groups is 2. The van der Waals surface area contributed by atoms with Crippen LogP contribution < -0.4 is 0 Å². The number of hydrogen-bond acceptors (Lipinski definition) is 3. The molecule has 2 amide bonds. The summed E-state index contributed by atoms with van der Waals surface area (Å²) in [4.78, 5) is 27.0. The molecule has 1 N–H and O–H groups in total. The van der Waals surface area contributed by atoms with Gasteiger partial charge in [0.05, 0.1) is 19.3 Å². The molecular weight excluding hydrogens is 248 g/mol. The number of carbonyl (C=O) groups excluding carboxylic acids is 1. The van der Waals surface area contributed by atoms with Gasteiger partial charge in [-0.2, -0.15) is 0 Å². The van der Waals surface area contributed by atoms with E-state index in [9.17, 15) is 14.7 Å². The van der Waals surface area contributed by atoms with E-state index in [2.05, 4.69) is 6.08 Å². The Morgan fingerprint density at radius 3 is 2.79 bits per heavy atom. The molecule has 6 heteroatoms. The Hall–Kier alpha value is -1.56. The second-order valence-corrected chi connectivity index (χ2v) is 4.82. The number of urea groups is 1. The van der Waals surface area contributed by atoms with Crippen molar-refractivity contribution in [3.05, 3.63) is 12.2 Å². The van der Waals surface area contributed by atoms with E-state index in [4.69, 9.17) is 4.74 Å². The largest absolute Gasteiger partial charge is 0.481 e. The average Bonchev–Trinajstić information content (AvgIpc) is 2.90. The molecule has 19 heavy (non-hydrogen) atoms. The summed E-state index contributed by atoms with van der Waals surface area (Å²) in [7, 11) is 0. The number of amides is 2. The van der Waals surface area contributed by atoms with Crippen molar-refractivity contribution >= 4 is 12.0 Å². The molecule has 0 aromatic carbocycles. The van der Waals surface area contributed by atoms with Crippen LogP contribution in [0.5, 0.6) is 0 Å². The van der Waals surface area contributed by atoms with E-state index in [1.54, 1.807) is 9.80 Å². The standard InChI is InChI=1S/C13H20N2O4/c1-2-15(11-9-19-8-10(11)12(16)17)13(18)14-6-4-3-5-7-14/h3-4,10-11H,2,5-9H2,1H3,(H,16,17). The molecule has 1 fully saturated rings. The lowest BCUT2D eigenvalue weighted by Gasteiger charge is -2.35. The molecule has 0 saturated carbocycles. The molecule has 0 aromatic rings. The van der Waals surface area contributed by atoms with E-state index < -0.39 is 11.9 Å². The zero-order valence-electron chi connectivity index (χ0n) is 11.1. The van der Waals surface area contributed by atoms with Gasteiger partial charge in [-0.1, -0.05) is 12.2 Å². The van der Waals surface area contributed by atoms with Crippen LogP contribution in [0.15, 0.2) is 12.2 Å². The number of carboxylic acid groups (broad SMARTS) is 1. The van der Waals surface area contributed by atoms with Crippen LogP contribution in [0.1, 0.15) is 13.3 Å². The van der Waals surface area contributed by atoms with E-state index in [1.165, 1.54) is 0 Å². The van der Waals surface area contributed by atoms with Crippen molar-refractivity contribution in [2.24, 2.45) is 5.92 Å². The molecule has 2 aliphatic heterocycles. The molecule has 0 aliphatic carbocycles. The molecule has 2 unspecified atom stereocenters. The Labute approximate surface area is 112 Å². The fourth-order valence-electron chi connectivity index (χ4n) is 2.59. The topological polar surface area (TPSA) is 70.1 Å². The van der Waals surface area contributed by atoms with Crippen LogP contribution in [0.4, 0.5) is 4.79 Å². The molecule has 106 valence electrons. The van der Waals surface area contributed by atoms with Gasteiger partial charge in [-0.15, -0.1) is 0 Å². The highest BCUT2D eigenvalue weighted by Crippen LogP contribution is 2.21. The SMILES string of the molecule is CCN(C(=O)N1CC=CCC1)C1COCC1C(=O)O. The smallest absolute Gasteiger partial charge is 0.320 e. The van der Waals surface area contributed by atoms with Gasteiger partial charge in [0.1, 0.15) is 5.92 Å². The summed E-state index contributed by atoms with van der Waals surface area (Å²) in [5.41, 5.74) is 0. The fourth-order valence-corrected chi connectivity index (χ4v) is 2.59. The van der Waals surface area contributed by atoms with E-state index in [0.29, 0.717) is 26.2 Å². The summed E-state index contributed by atoms with van der Waals surface area (Å²) in [5, 5.41) is 9.18. The Bertz CT molecular complexity index is 383. The first-order valence-corrected chi connectivity index (χ1v) is 6.66. The van der Waals surface area contributed by atoms with Crippen LogP contribution in [0, 0.1) is 5.92 Å². The Kier molecular flexibility index (Phi) is 4.42. The van der Waals surface area contributed by atoms with E-state index >= 15 is 0 Å². The third kappa shape index (κ3) is 2.89. The predicted octanol–water partition coefficient (Wildman–Crippen LogP) is 0.790. The van der Waals surface area contributed by atoms with E-state index in [0.717, 1.165) is 6.42 Å². The van der Waals surface area contributed by atoms with Gasteiger partial charge in [0.25, 0.3) is 0 Å². The van der Waals surface area contributed by atoms with E-state index in [-0.39, 0.29) is 18.7 Å². The lowest BCUT2D eigenvalue weighted by Crippen LogP contribution is -2.52. The van der Waals surface area contributed by atoms with Gasteiger partial charge in [-0.05, 0) is 13.3 Å². The maximum Gasteiger partial charge on any atom is 0.320 e. The third-order valence-electron chi connectivity index (χ3n) is 3.68. The minimum absolute atomic E-state index is 0.0893. The van der Waals surface area contributed by atoms with Crippen LogP contribution in [0.25, 0.3) is 0 Å². The van der Waals surface area contributed by atoms with Crippen molar-refractivity contribution in [2.75, 3.05) is 32.8 Å². The lowest BCUT2D eigenvalue weighted by atomic mass is 10.0. The van der Waals surface area contributed by atoms with Crippen molar-refractivity contribution in [1.29, 1.82) is 0 Å². The van der Waals surface area contributed by atoms with Crippen LogP contribution in [0.2, 0.25) is 0 Å². The van der Waals surface area contributed by atoms with E-state index in [1.807, 2.05) is 13.0 Å². The number of nitrogens with zero attached hydrogens (tertiary/aromatic N) is 2. The second kappa shape index (κ2) is 6.06. The maximum atomic E-state index is 12.5. The minimum atomic E-state index is -0.896. The molecule has 1 saturated heterocycles. The number of likely N-dealkylation sites (N-methyl/N-ethyl adjacent to an activating group) is 1. The van der Waals surface area contributed by atoms with Crippen molar-refractivity contribution in [2.45, 2.75) is 19.4 Å². The van der Waals surface area contributed by atoms with Gasteiger partial charge in [-0.25, -0.2) is 4.79 Å². The van der Waals surface area contributed by atoms with Crippen molar-refractivity contribution in [3.63, 3.8) is 0 Å². The molecule has 2 atom stereocenters. The number of hydrogen-bond donors (Lipinski definition) is 1. The molecule has 0 radical (unpaired) electrons. The van der Waals surface area contributed by atoms with Crippen molar-refractivity contribution in [1.82, 2.24) is 9.80 Å². The average molecular weight is 268 g/mol. The van der Waals surface area contributed by atoms with Gasteiger partial charge >= 0.3 is 12.0 Å². The fraction of sp³-hybridized carbons (Fsp3) is 0.692. The van der Waals surface area contributed by atoms with Crippen LogP contribution >= 0.6 is 0 Å². The molecule has 2 aliphatic rings. The summed E-state index contributed by atoms with van der Waals surface area (Å²) in [6, 6.07) is -0.450. The molecule has 2 rings (SSSR count). The summed E-state index contributed by atoms with van der Waals surface area (Å²) >= 11 is 0. The Morgan fingerprint density at radius 2 is 2.21 bits per heavy atom. The van der Waals surface area contributed by atoms with Crippen LogP contribution in [0.3, 0.4) is 0 Å². The monoisotopic (exact) mass is 268 g/mol. The zero-order valence-corrected chi connectivity index (χ0v) is 11.1. The Morgan fingerprint density at radius 1 is 1.42 bits per heavy atom. The summed E-state index contributed by atoms with van der Waals surface area (Å²) in [5.74, 6) is -1.52. The summed E-state index contributed by atoms with van der Waals surface area (Å²) in [6.07, 6.45) is 4.88. The van der Waals surface area contributed by atoms with Gasteiger partial charge in [-0.3, -0.25) is 4.79 Å². The highest BCUT2D eigenvalue weighted by Gasteiger charge is 2.40. The predicted molar refractivity (Wildman–Crippen MR) is 68.8 cm³/mol. The first-order valence-electron chi connectivity index (χ1n) is 6.66. The number of carboxylic acids is 1. The molecule has 0 spiro atoms. The second-order valence-electron chi connectivity index (χ2n) is 4.82. The number of rotatable bonds is 3. The van der Waals surface area contributed by atoms with Crippen molar-refractivity contribution < 1.29 is 19.4 Å². The van der Waals surface area contributed by atoms with Crippen molar-refractivity contribution in [3.8, 4) is 0 Å². The van der Waals surface area contributed by atoms with Gasteiger partial charge in [0.15, 0.2) is 0 Å². The molecule has 6 nitrogen and oxygen atoms in total. The molecule has 0 bridgehead atoms. The number of aliphatic carboxylic acids is 1. The Balaban J connectivity index is 2.08. The van der Waals surface area contributed by atoms with Gasteiger partial charge in [0, 0.05) is 19.6 Å².